The van der Waals surface area contributed by atoms with Crippen LogP contribution in [0.2, 0.25) is 5.02 Å². The highest BCUT2D eigenvalue weighted by Crippen LogP contribution is 2.37. The molecule has 12 heteroatoms. The normalized spacial score (nSPS) is 11.7. The molecule has 0 bridgehead atoms. The molecule has 1 aromatic heterocycles. The molecule has 4 aromatic carbocycles. The Hall–Kier alpha value is -3.93. The van der Waals surface area contributed by atoms with E-state index >= 15 is 0 Å². The zero-order valence-electron chi connectivity index (χ0n) is 22.0. The van der Waals surface area contributed by atoms with Gasteiger partial charge in [0, 0.05) is 37.1 Å². The van der Waals surface area contributed by atoms with E-state index in [1.807, 2.05) is 37.3 Å². The van der Waals surface area contributed by atoms with Crippen molar-refractivity contribution in [3.05, 3.63) is 121 Å². The highest BCUT2D eigenvalue weighted by atomic mass is 79.9. The van der Waals surface area contributed by atoms with Crippen LogP contribution in [0.5, 0.6) is 5.75 Å². The Labute approximate surface area is 265 Å². The SMILES string of the molecule is Cc1ccc2[nH]c(C(=O)NN=Cc3cc(Br)cc(Br)c3OC(=O)c3cccc(C(F)(F)F)c3)c(-c3ccccc3Cl)c2c1. The van der Waals surface area contributed by atoms with E-state index in [0.29, 0.717) is 31.2 Å². The topological polar surface area (TPSA) is 83.6 Å². The van der Waals surface area contributed by atoms with Gasteiger partial charge in [-0.2, -0.15) is 18.3 Å². The summed E-state index contributed by atoms with van der Waals surface area (Å²) in [7, 11) is 0. The molecule has 1 heterocycles. The molecule has 0 aliphatic heterocycles. The van der Waals surface area contributed by atoms with Crippen molar-refractivity contribution in [3.63, 3.8) is 0 Å². The van der Waals surface area contributed by atoms with Gasteiger partial charge in [-0.05, 0) is 71.4 Å². The van der Waals surface area contributed by atoms with Crippen molar-refractivity contribution in [2.24, 2.45) is 5.10 Å². The van der Waals surface area contributed by atoms with Crippen LogP contribution in [0.25, 0.3) is 22.0 Å². The number of ether oxygens (including phenoxy) is 1. The summed E-state index contributed by atoms with van der Waals surface area (Å²) in [5, 5.41) is 5.35. The average molecular weight is 734 g/mol. The number of alkyl halides is 3. The lowest BCUT2D eigenvalue weighted by atomic mass is 10.0. The molecule has 0 radical (unpaired) electrons. The molecule has 0 aliphatic rings. The average Bonchev–Trinajstić information content (AvgIpc) is 3.33. The van der Waals surface area contributed by atoms with Crippen LogP contribution in [-0.4, -0.2) is 23.1 Å². The van der Waals surface area contributed by atoms with Crippen molar-refractivity contribution < 1.29 is 27.5 Å². The molecule has 5 aromatic rings. The Kier molecular flexibility index (Phi) is 8.77. The number of fused-ring (bicyclic) bond motifs is 1. The van der Waals surface area contributed by atoms with Gasteiger partial charge in [0.2, 0.25) is 0 Å². The van der Waals surface area contributed by atoms with Crippen molar-refractivity contribution in [2.45, 2.75) is 13.1 Å². The molecule has 0 unspecified atom stereocenters. The lowest BCUT2D eigenvalue weighted by Gasteiger charge is -2.12. The second kappa shape index (κ2) is 12.4. The highest BCUT2D eigenvalue weighted by Gasteiger charge is 2.31. The molecule has 0 fully saturated rings. The van der Waals surface area contributed by atoms with Crippen molar-refractivity contribution in [2.75, 3.05) is 0 Å². The van der Waals surface area contributed by atoms with E-state index in [2.05, 4.69) is 47.4 Å². The molecule has 43 heavy (non-hydrogen) atoms. The Morgan fingerprint density at radius 1 is 1.00 bits per heavy atom. The van der Waals surface area contributed by atoms with Crippen LogP contribution in [0, 0.1) is 6.92 Å². The lowest BCUT2D eigenvalue weighted by Crippen LogP contribution is -2.19. The van der Waals surface area contributed by atoms with Crippen molar-refractivity contribution >= 4 is 72.5 Å². The van der Waals surface area contributed by atoms with E-state index in [9.17, 15) is 22.8 Å². The summed E-state index contributed by atoms with van der Waals surface area (Å²) in [5.41, 5.74) is 4.70. The van der Waals surface area contributed by atoms with Gasteiger partial charge < -0.3 is 9.72 Å². The highest BCUT2D eigenvalue weighted by molar-refractivity contribution is 9.11. The van der Waals surface area contributed by atoms with Crippen LogP contribution >= 0.6 is 43.5 Å². The maximum atomic E-state index is 13.4. The predicted octanol–water partition coefficient (Wildman–Crippen LogP) is 9.32. The Balaban J connectivity index is 1.44. The summed E-state index contributed by atoms with van der Waals surface area (Å²) >= 11 is 13.2. The van der Waals surface area contributed by atoms with Gasteiger partial charge in [-0.1, -0.05) is 63.4 Å². The number of hydrogen-bond donors (Lipinski definition) is 2. The van der Waals surface area contributed by atoms with Gasteiger partial charge >= 0.3 is 12.1 Å². The molecule has 0 atom stereocenters. The van der Waals surface area contributed by atoms with Crippen LogP contribution in [-0.2, 0) is 6.18 Å². The fourth-order valence-electron chi connectivity index (χ4n) is 4.39. The van der Waals surface area contributed by atoms with Crippen LogP contribution in [0.3, 0.4) is 0 Å². The van der Waals surface area contributed by atoms with Gasteiger partial charge in [0.15, 0.2) is 5.75 Å². The summed E-state index contributed by atoms with van der Waals surface area (Å²) in [6, 6.07) is 20.0. The zero-order valence-corrected chi connectivity index (χ0v) is 26.0. The first-order chi connectivity index (χ1) is 20.4. The number of hydrogen-bond acceptors (Lipinski definition) is 4. The summed E-state index contributed by atoms with van der Waals surface area (Å²) < 4.78 is 45.8. The number of halogens is 6. The van der Waals surface area contributed by atoms with E-state index in [1.165, 1.54) is 12.3 Å². The van der Waals surface area contributed by atoms with Crippen LogP contribution < -0.4 is 10.2 Å². The number of aromatic amines is 1. The van der Waals surface area contributed by atoms with Gasteiger partial charge in [0.1, 0.15) is 5.69 Å². The third-order valence-electron chi connectivity index (χ3n) is 6.35. The van der Waals surface area contributed by atoms with E-state index in [-0.39, 0.29) is 22.6 Å². The molecule has 0 saturated heterocycles. The fraction of sp³-hybridized carbons (Fsp3) is 0.0645. The minimum absolute atomic E-state index is 0.0125. The molecule has 2 N–H and O–H groups in total. The number of nitrogens with zero attached hydrogens (tertiary/aromatic N) is 1. The van der Waals surface area contributed by atoms with Crippen molar-refractivity contribution in [1.29, 1.82) is 0 Å². The molecule has 1 amide bonds. The van der Waals surface area contributed by atoms with E-state index in [0.717, 1.165) is 28.6 Å². The Morgan fingerprint density at radius 3 is 2.51 bits per heavy atom. The number of H-pyrrole nitrogens is 1. The molecule has 6 nitrogen and oxygen atoms in total. The number of aryl methyl sites for hydroxylation is 1. The maximum Gasteiger partial charge on any atom is 0.416 e. The number of hydrazone groups is 1. The summed E-state index contributed by atoms with van der Waals surface area (Å²) in [6.07, 6.45) is -3.37. The lowest BCUT2D eigenvalue weighted by molar-refractivity contribution is -0.137. The summed E-state index contributed by atoms with van der Waals surface area (Å²) in [6.45, 7) is 1.94. The molecule has 0 saturated carbocycles. The number of carbonyl (C=O) groups is 2. The molecule has 218 valence electrons. The first-order valence-electron chi connectivity index (χ1n) is 12.5. The first-order valence-corrected chi connectivity index (χ1v) is 14.5. The third kappa shape index (κ3) is 6.69. The van der Waals surface area contributed by atoms with Gasteiger partial charge in [0.25, 0.3) is 5.91 Å². The Bertz CT molecular complexity index is 1920. The zero-order chi connectivity index (χ0) is 30.9. The Morgan fingerprint density at radius 2 is 1.77 bits per heavy atom. The van der Waals surface area contributed by atoms with Gasteiger partial charge in [-0.25, -0.2) is 10.2 Å². The molecular weight excluding hydrogens is 715 g/mol. The first kappa shape index (κ1) is 30.5. The summed E-state index contributed by atoms with van der Waals surface area (Å²) in [5.74, 6) is -1.58. The number of carbonyl (C=O) groups excluding carboxylic acids is 2. The second-order valence-electron chi connectivity index (χ2n) is 9.38. The van der Waals surface area contributed by atoms with Crippen molar-refractivity contribution in [1.82, 2.24) is 10.4 Å². The van der Waals surface area contributed by atoms with Crippen LogP contribution in [0.15, 0.2) is 92.9 Å². The smallest absolute Gasteiger partial charge is 0.416 e. The molecular formula is C31H19Br2ClF3N3O3. The minimum atomic E-state index is -4.62. The number of rotatable bonds is 6. The standard InChI is InChI=1S/C31H19Br2ClF3N3O3/c1-16-9-10-25-22(11-16)26(21-7-2-3-8-24(21)34)27(39-25)29(41)40-38-15-18-13-20(32)14-23(33)28(18)43-30(42)17-5-4-6-19(12-17)31(35,36)37/h2-15,39H,1H3,(H,40,41). The van der Waals surface area contributed by atoms with Crippen molar-refractivity contribution in [3.8, 4) is 16.9 Å². The minimum Gasteiger partial charge on any atom is -0.421 e. The molecule has 0 spiro atoms. The number of nitrogens with one attached hydrogen (secondary N) is 2. The van der Waals surface area contributed by atoms with Gasteiger partial charge in [-0.3, -0.25) is 4.79 Å². The second-order valence-corrected chi connectivity index (χ2v) is 11.6. The predicted molar refractivity (Wildman–Crippen MR) is 167 cm³/mol. The van der Waals surface area contributed by atoms with E-state index in [4.69, 9.17) is 16.3 Å². The summed E-state index contributed by atoms with van der Waals surface area (Å²) in [4.78, 5) is 29.3. The number of amides is 1. The maximum absolute atomic E-state index is 13.4. The fourth-order valence-corrected chi connectivity index (χ4v) is 5.96. The quantitative estimate of drug-likeness (QED) is 0.0790. The molecule has 0 aliphatic carbocycles. The van der Waals surface area contributed by atoms with E-state index in [1.54, 1.807) is 24.3 Å². The number of benzene rings is 4. The molecule has 5 rings (SSSR count). The van der Waals surface area contributed by atoms with E-state index < -0.39 is 23.6 Å². The van der Waals surface area contributed by atoms with Crippen LogP contribution in [0.1, 0.15) is 37.5 Å². The van der Waals surface area contributed by atoms with Crippen LogP contribution in [0.4, 0.5) is 13.2 Å². The number of aromatic nitrogens is 1. The third-order valence-corrected chi connectivity index (χ3v) is 7.73. The number of esters is 1. The largest absolute Gasteiger partial charge is 0.421 e. The van der Waals surface area contributed by atoms with Gasteiger partial charge in [0.05, 0.1) is 21.8 Å². The monoisotopic (exact) mass is 731 g/mol. The van der Waals surface area contributed by atoms with Gasteiger partial charge in [-0.15, -0.1) is 0 Å².